The Bertz CT molecular complexity index is 1490. The van der Waals surface area contributed by atoms with Crippen LogP contribution in [0.4, 0.5) is 5.69 Å². The lowest BCUT2D eigenvalue weighted by Crippen LogP contribution is -2.23. The molecule has 7 nitrogen and oxygen atoms in total. The third-order valence-corrected chi connectivity index (χ3v) is 7.24. The number of nitrogens with one attached hydrogen (secondary N) is 1. The average molecular weight is 519 g/mol. The van der Waals surface area contributed by atoms with Gasteiger partial charge in [0.1, 0.15) is 18.5 Å². The maximum Gasteiger partial charge on any atom is 0.257 e. The summed E-state index contributed by atoms with van der Waals surface area (Å²) in [5, 5.41) is 13.6. The maximum absolute atomic E-state index is 13.3. The standard InChI is InChI=1S/C29H30N2O5S/c1-20-9-7-8-12-26(20)28-21(2)27(29(33)30-22-13-15-25(16-14-22)37(3,34)35)18-31(28)17-23(32)19-36-24-10-5-4-6-11-24/h4-16,18,23,32H,17,19H2,1-3H3,(H,30,33). The van der Waals surface area contributed by atoms with Gasteiger partial charge >= 0.3 is 0 Å². The number of hydrogen-bond acceptors (Lipinski definition) is 5. The Balaban J connectivity index is 1.61. The van der Waals surface area contributed by atoms with Gasteiger partial charge in [-0.25, -0.2) is 8.42 Å². The first kappa shape index (κ1) is 26.2. The molecule has 4 aromatic rings. The van der Waals surface area contributed by atoms with Crippen molar-refractivity contribution in [1.82, 2.24) is 4.57 Å². The van der Waals surface area contributed by atoms with E-state index in [4.69, 9.17) is 4.74 Å². The van der Waals surface area contributed by atoms with Gasteiger partial charge < -0.3 is 19.7 Å². The smallest absolute Gasteiger partial charge is 0.257 e. The highest BCUT2D eigenvalue weighted by Gasteiger charge is 2.22. The van der Waals surface area contributed by atoms with Gasteiger partial charge in [-0.1, -0.05) is 42.5 Å². The van der Waals surface area contributed by atoms with E-state index in [1.165, 1.54) is 12.1 Å². The quantitative estimate of drug-likeness (QED) is 0.330. The van der Waals surface area contributed by atoms with E-state index in [-0.39, 0.29) is 24.0 Å². The molecule has 0 spiro atoms. The molecule has 1 amide bonds. The summed E-state index contributed by atoms with van der Waals surface area (Å²) in [5.41, 5.74) is 4.57. The van der Waals surface area contributed by atoms with Crippen LogP contribution in [0.25, 0.3) is 11.3 Å². The van der Waals surface area contributed by atoms with E-state index in [1.54, 1.807) is 18.3 Å². The summed E-state index contributed by atoms with van der Waals surface area (Å²) in [6.07, 6.45) is 2.07. The van der Waals surface area contributed by atoms with Gasteiger partial charge in [0.2, 0.25) is 0 Å². The number of ether oxygens (including phenoxy) is 1. The number of sulfone groups is 1. The summed E-state index contributed by atoms with van der Waals surface area (Å²) in [6.45, 7) is 4.22. The normalized spacial score (nSPS) is 12.2. The molecule has 4 rings (SSSR count). The summed E-state index contributed by atoms with van der Waals surface area (Å²) in [6, 6.07) is 23.2. The lowest BCUT2D eigenvalue weighted by Gasteiger charge is -2.17. The molecule has 1 unspecified atom stereocenters. The Morgan fingerprint density at radius 2 is 1.62 bits per heavy atom. The summed E-state index contributed by atoms with van der Waals surface area (Å²) >= 11 is 0. The Morgan fingerprint density at radius 3 is 2.27 bits per heavy atom. The molecular weight excluding hydrogens is 488 g/mol. The van der Waals surface area contributed by atoms with Crippen LogP contribution in [-0.2, 0) is 16.4 Å². The van der Waals surface area contributed by atoms with Crippen molar-refractivity contribution in [2.45, 2.75) is 31.4 Å². The molecule has 0 radical (unpaired) electrons. The molecule has 0 bridgehead atoms. The van der Waals surface area contributed by atoms with Crippen molar-refractivity contribution >= 4 is 21.4 Å². The number of amides is 1. The van der Waals surface area contributed by atoms with E-state index in [2.05, 4.69) is 5.32 Å². The van der Waals surface area contributed by atoms with Gasteiger partial charge in [-0.15, -0.1) is 0 Å². The SMILES string of the molecule is Cc1ccccc1-c1c(C)c(C(=O)Nc2ccc(S(C)(=O)=O)cc2)cn1CC(O)COc1ccccc1. The van der Waals surface area contributed by atoms with E-state index in [9.17, 15) is 18.3 Å². The molecule has 0 aliphatic heterocycles. The second-order valence-corrected chi connectivity index (χ2v) is 11.0. The van der Waals surface area contributed by atoms with E-state index in [1.807, 2.05) is 73.0 Å². The Hall–Kier alpha value is -3.88. The summed E-state index contributed by atoms with van der Waals surface area (Å²) in [7, 11) is -3.33. The lowest BCUT2D eigenvalue weighted by atomic mass is 10.0. The fourth-order valence-electron chi connectivity index (χ4n) is 4.20. The highest BCUT2D eigenvalue weighted by Crippen LogP contribution is 2.31. The molecule has 3 aromatic carbocycles. The fourth-order valence-corrected chi connectivity index (χ4v) is 4.83. The molecule has 192 valence electrons. The molecule has 8 heteroatoms. The molecule has 0 saturated carbocycles. The van der Waals surface area contributed by atoms with Crippen molar-refractivity contribution in [2.75, 3.05) is 18.2 Å². The maximum atomic E-state index is 13.3. The predicted molar refractivity (Wildman–Crippen MR) is 145 cm³/mol. The van der Waals surface area contributed by atoms with E-state index in [0.717, 1.165) is 28.6 Å². The first-order valence-corrected chi connectivity index (χ1v) is 13.8. The number of nitrogens with zero attached hydrogens (tertiary/aromatic N) is 1. The molecule has 37 heavy (non-hydrogen) atoms. The van der Waals surface area contributed by atoms with E-state index < -0.39 is 15.9 Å². The van der Waals surface area contributed by atoms with Crippen LogP contribution >= 0.6 is 0 Å². The molecule has 1 heterocycles. The van der Waals surface area contributed by atoms with Crippen LogP contribution in [0.1, 0.15) is 21.5 Å². The van der Waals surface area contributed by atoms with Crippen LogP contribution in [0.5, 0.6) is 5.75 Å². The minimum absolute atomic E-state index is 0.0999. The van der Waals surface area contributed by atoms with Crippen molar-refractivity contribution in [3.8, 4) is 17.0 Å². The zero-order valence-electron chi connectivity index (χ0n) is 21.0. The fraction of sp³-hybridized carbons (Fsp3) is 0.207. The molecule has 0 saturated heterocycles. The Labute approximate surface area is 217 Å². The van der Waals surface area contributed by atoms with Crippen LogP contribution in [0, 0.1) is 13.8 Å². The zero-order valence-corrected chi connectivity index (χ0v) is 21.8. The second kappa shape index (κ2) is 11.0. The number of para-hydroxylation sites is 1. The summed E-state index contributed by atoms with van der Waals surface area (Å²) in [4.78, 5) is 13.4. The number of anilines is 1. The molecule has 0 fully saturated rings. The molecular formula is C29H30N2O5S. The van der Waals surface area contributed by atoms with Crippen LogP contribution in [0.15, 0.2) is 90.0 Å². The van der Waals surface area contributed by atoms with E-state index >= 15 is 0 Å². The van der Waals surface area contributed by atoms with Gasteiger partial charge in [-0.2, -0.15) is 0 Å². The number of carbonyl (C=O) groups excluding carboxylic acids is 1. The van der Waals surface area contributed by atoms with Crippen molar-refractivity contribution in [1.29, 1.82) is 0 Å². The summed E-state index contributed by atoms with van der Waals surface area (Å²) < 4.78 is 31.1. The molecule has 1 atom stereocenters. The van der Waals surface area contributed by atoms with Crippen LogP contribution in [0.2, 0.25) is 0 Å². The number of benzene rings is 3. The lowest BCUT2D eigenvalue weighted by molar-refractivity contribution is 0.0927. The average Bonchev–Trinajstić information content (AvgIpc) is 3.19. The van der Waals surface area contributed by atoms with Gasteiger partial charge in [0.05, 0.1) is 22.7 Å². The highest BCUT2D eigenvalue weighted by atomic mass is 32.2. The number of aromatic nitrogens is 1. The first-order chi connectivity index (χ1) is 17.6. The second-order valence-electron chi connectivity index (χ2n) is 9.01. The van der Waals surface area contributed by atoms with Crippen molar-refractivity contribution < 1.29 is 23.1 Å². The molecule has 2 N–H and O–H groups in total. The predicted octanol–water partition coefficient (Wildman–Crippen LogP) is 4.87. The van der Waals surface area contributed by atoms with Gasteiger partial charge in [0.15, 0.2) is 9.84 Å². The minimum atomic E-state index is -3.33. The van der Waals surface area contributed by atoms with E-state index in [0.29, 0.717) is 17.0 Å². The van der Waals surface area contributed by atoms with Gasteiger partial charge in [0, 0.05) is 23.7 Å². The molecule has 0 aliphatic rings. The number of aliphatic hydroxyl groups excluding tert-OH is 1. The van der Waals surface area contributed by atoms with Crippen LogP contribution in [-0.4, -0.2) is 43.0 Å². The monoisotopic (exact) mass is 518 g/mol. The number of hydrogen-bond donors (Lipinski definition) is 2. The third kappa shape index (κ3) is 6.28. The van der Waals surface area contributed by atoms with Crippen LogP contribution in [0.3, 0.4) is 0 Å². The largest absolute Gasteiger partial charge is 0.491 e. The number of aliphatic hydroxyl groups is 1. The summed E-state index contributed by atoms with van der Waals surface area (Å²) in [5.74, 6) is 0.347. The highest BCUT2D eigenvalue weighted by molar-refractivity contribution is 7.90. The molecule has 1 aromatic heterocycles. The number of rotatable bonds is 9. The molecule has 0 aliphatic carbocycles. The topological polar surface area (TPSA) is 97.6 Å². The van der Waals surface area contributed by atoms with Crippen molar-refractivity contribution in [2.24, 2.45) is 0 Å². The zero-order chi connectivity index (χ0) is 26.6. The minimum Gasteiger partial charge on any atom is -0.491 e. The van der Waals surface area contributed by atoms with Crippen LogP contribution < -0.4 is 10.1 Å². The van der Waals surface area contributed by atoms with Gasteiger partial charge in [-0.05, 0) is 61.4 Å². The van der Waals surface area contributed by atoms with Gasteiger partial charge in [-0.3, -0.25) is 4.79 Å². The van der Waals surface area contributed by atoms with Crippen molar-refractivity contribution in [3.05, 3.63) is 102 Å². The van der Waals surface area contributed by atoms with Gasteiger partial charge in [0.25, 0.3) is 5.91 Å². The number of aryl methyl sites for hydroxylation is 1. The first-order valence-electron chi connectivity index (χ1n) is 11.9. The third-order valence-electron chi connectivity index (χ3n) is 6.11. The number of carbonyl (C=O) groups is 1. The Morgan fingerprint density at radius 1 is 0.973 bits per heavy atom. The van der Waals surface area contributed by atoms with Crippen molar-refractivity contribution in [3.63, 3.8) is 0 Å². The Kier molecular flexibility index (Phi) is 7.80.